The van der Waals surface area contributed by atoms with Crippen molar-refractivity contribution < 1.29 is 9.18 Å². The third-order valence-electron chi connectivity index (χ3n) is 1.80. The lowest BCUT2D eigenvalue weighted by Crippen LogP contribution is -2.28. The van der Waals surface area contributed by atoms with Gasteiger partial charge in [-0.25, -0.2) is 9.37 Å². The van der Waals surface area contributed by atoms with Gasteiger partial charge in [0.15, 0.2) is 11.5 Å². The Hall–Kier alpha value is -1.19. The van der Waals surface area contributed by atoms with Crippen molar-refractivity contribution in [3.8, 4) is 0 Å². The van der Waals surface area contributed by atoms with Crippen LogP contribution in [0.15, 0.2) is 12.4 Å². The largest absolute Gasteiger partial charge is 0.329 e. The highest BCUT2D eigenvalue weighted by Crippen LogP contribution is 2.15. The van der Waals surface area contributed by atoms with Crippen LogP contribution in [0.4, 0.5) is 4.39 Å². The van der Waals surface area contributed by atoms with Gasteiger partial charge in [-0.05, 0) is 20.8 Å². The number of hydrogen-bond donors (Lipinski definition) is 0. The molecule has 0 radical (unpaired) electrons. The van der Waals surface area contributed by atoms with Crippen LogP contribution < -0.4 is 0 Å². The minimum Gasteiger partial charge on any atom is -0.329 e. The molecular formula is C9H13FN2O. The van der Waals surface area contributed by atoms with E-state index in [9.17, 15) is 9.18 Å². The van der Waals surface area contributed by atoms with Crippen LogP contribution in [-0.2, 0) is 6.54 Å². The second-order valence-corrected chi connectivity index (χ2v) is 3.34. The fourth-order valence-corrected chi connectivity index (χ4v) is 1.04. The van der Waals surface area contributed by atoms with Crippen LogP contribution in [0.2, 0.25) is 0 Å². The Morgan fingerprint density at radius 1 is 1.69 bits per heavy atom. The second kappa shape index (κ2) is 3.28. The van der Waals surface area contributed by atoms with Crippen LogP contribution in [0, 0.1) is 0 Å². The van der Waals surface area contributed by atoms with E-state index in [1.807, 2.05) is 6.92 Å². The summed E-state index contributed by atoms with van der Waals surface area (Å²) in [5.41, 5.74) is -1.85. The van der Waals surface area contributed by atoms with Crippen molar-refractivity contribution in [2.45, 2.75) is 33.0 Å². The van der Waals surface area contributed by atoms with Crippen LogP contribution in [0.3, 0.4) is 0 Å². The van der Waals surface area contributed by atoms with Gasteiger partial charge >= 0.3 is 0 Å². The van der Waals surface area contributed by atoms with E-state index >= 15 is 0 Å². The minimum absolute atomic E-state index is 0.190. The molecule has 4 heteroatoms. The number of aryl methyl sites for hydroxylation is 1. The van der Waals surface area contributed by atoms with E-state index < -0.39 is 11.5 Å². The highest BCUT2D eigenvalue weighted by Gasteiger charge is 2.30. The molecule has 13 heavy (non-hydrogen) atoms. The molecule has 1 heterocycles. The van der Waals surface area contributed by atoms with Crippen molar-refractivity contribution in [2.75, 3.05) is 0 Å². The van der Waals surface area contributed by atoms with E-state index in [0.717, 1.165) is 0 Å². The highest BCUT2D eigenvalue weighted by atomic mass is 19.1. The first-order valence-corrected chi connectivity index (χ1v) is 4.21. The van der Waals surface area contributed by atoms with Gasteiger partial charge in [0.2, 0.25) is 5.78 Å². The molecule has 1 rings (SSSR count). The zero-order chi connectivity index (χ0) is 10.1. The summed E-state index contributed by atoms with van der Waals surface area (Å²) in [7, 11) is 0. The smallest absolute Gasteiger partial charge is 0.234 e. The molecule has 72 valence electrons. The summed E-state index contributed by atoms with van der Waals surface area (Å²) in [6.45, 7) is 4.98. The maximum atomic E-state index is 13.3. The third kappa shape index (κ3) is 1.94. The second-order valence-electron chi connectivity index (χ2n) is 3.34. The van der Waals surface area contributed by atoms with Gasteiger partial charge in [0.05, 0.1) is 0 Å². The molecule has 0 saturated heterocycles. The van der Waals surface area contributed by atoms with Crippen molar-refractivity contribution in [3.05, 3.63) is 18.2 Å². The van der Waals surface area contributed by atoms with Gasteiger partial charge in [0.25, 0.3) is 0 Å². The SMILES string of the molecule is CCn1ccnc1C(=O)C(C)(C)F. The molecule has 0 N–H and O–H groups in total. The van der Waals surface area contributed by atoms with Crippen molar-refractivity contribution in [1.29, 1.82) is 0 Å². The molecule has 1 aromatic heterocycles. The zero-order valence-electron chi connectivity index (χ0n) is 8.04. The van der Waals surface area contributed by atoms with Crippen LogP contribution in [0.1, 0.15) is 31.4 Å². The highest BCUT2D eigenvalue weighted by molar-refractivity contribution is 5.99. The molecule has 1 aromatic rings. The first kappa shape index (κ1) is 9.89. The number of aromatic nitrogens is 2. The Morgan fingerprint density at radius 2 is 2.31 bits per heavy atom. The summed E-state index contributed by atoms with van der Waals surface area (Å²) in [5, 5.41) is 0. The van der Waals surface area contributed by atoms with Gasteiger partial charge in [-0.2, -0.15) is 0 Å². The maximum Gasteiger partial charge on any atom is 0.234 e. The van der Waals surface area contributed by atoms with Crippen molar-refractivity contribution in [3.63, 3.8) is 0 Å². The standard InChI is InChI=1S/C9H13FN2O/c1-4-12-6-5-11-8(12)7(13)9(2,3)10/h5-6H,4H2,1-3H3. The van der Waals surface area contributed by atoms with Crippen LogP contribution in [0.25, 0.3) is 0 Å². The van der Waals surface area contributed by atoms with Gasteiger partial charge in [0, 0.05) is 18.9 Å². The number of hydrogen-bond acceptors (Lipinski definition) is 2. The molecule has 0 spiro atoms. The molecule has 0 fully saturated rings. The summed E-state index contributed by atoms with van der Waals surface area (Å²) in [4.78, 5) is 15.3. The van der Waals surface area contributed by atoms with E-state index in [0.29, 0.717) is 6.54 Å². The summed E-state index contributed by atoms with van der Waals surface area (Å²) in [6, 6.07) is 0. The number of nitrogens with zero attached hydrogens (tertiary/aromatic N) is 2. The van der Waals surface area contributed by atoms with E-state index in [1.165, 1.54) is 20.0 Å². The van der Waals surface area contributed by atoms with Crippen LogP contribution in [0.5, 0.6) is 0 Å². The molecule has 0 unspecified atom stereocenters. The van der Waals surface area contributed by atoms with Crippen molar-refractivity contribution in [1.82, 2.24) is 9.55 Å². The predicted octanol–water partition coefficient (Wildman–Crippen LogP) is 1.83. The predicted molar refractivity (Wildman–Crippen MR) is 47.4 cm³/mol. The van der Waals surface area contributed by atoms with Crippen LogP contribution in [-0.4, -0.2) is 21.0 Å². The summed E-state index contributed by atoms with van der Waals surface area (Å²) < 4.78 is 14.9. The van der Waals surface area contributed by atoms with Gasteiger partial charge in [-0.15, -0.1) is 0 Å². The number of carbonyl (C=O) groups excluding carboxylic acids is 1. The summed E-state index contributed by atoms with van der Waals surface area (Å²) in [6.07, 6.45) is 3.17. The van der Waals surface area contributed by atoms with E-state index in [-0.39, 0.29) is 5.82 Å². The number of ketones is 1. The number of Topliss-reactive ketones (excluding diaryl/α,β-unsaturated/α-hetero) is 1. The van der Waals surface area contributed by atoms with E-state index in [4.69, 9.17) is 0 Å². The average Bonchev–Trinajstić information content (AvgIpc) is 2.48. The van der Waals surface area contributed by atoms with Gasteiger partial charge in [0.1, 0.15) is 0 Å². The number of rotatable bonds is 3. The number of carbonyl (C=O) groups is 1. The normalized spacial score (nSPS) is 11.7. The third-order valence-corrected chi connectivity index (χ3v) is 1.80. The van der Waals surface area contributed by atoms with Crippen LogP contribution >= 0.6 is 0 Å². The minimum atomic E-state index is -1.85. The number of halogens is 1. The molecule has 3 nitrogen and oxygen atoms in total. The molecule has 0 aliphatic carbocycles. The Balaban J connectivity index is 3.02. The fraction of sp³-hybridized carbons (Fsp3) is 0.556. The van der Waals surface area contributed by atoms with Crippen molar-refractivity contribution in [2.24, 2.45) is 0 Å². The Bertz CT molecular complexity index is 312. The molecule has 0 amide bonds. The monoisotopic (exact) mass is 184 g/mol. The summed E-state index contributed by atoms with van der Waals surface area (Å²) >= 11 is 0. The lowest BCUT2D eigenvalue weighted by atomic mass is 10.1. The molecule has 0 aliphatic rings. The Labute approximate surface area is 76.6 Å². The zero-order valence-corrected chi connectivity index (χ0v) is 8.04. The Kier molecular flexibility index (Phi) is 2.50. The van der Waals surface area contributed by atoms with Crippen molar-refractivity contribution >= 4 is 5.78 Å². The quantitative estimate of drug-likeness (QED) is 0.672. The first-order valence-electron chi connectivity index (χ1n) is 4.21. The lowest BCUT2D eigenvalue weighted by Gasteiger charge is -2.12. The average molecular weight is 184 g/mol. The first-order chi connectivity index (χ1) is 5.96. The topological polar surface area (TPSA) is 34.9 Å². The maximum absolute atomic E-state index is 13.3. The number of imidazole rings is 1. The van der Waals surface area contributed by atoms with Gasteiger partial charge < -0.3 is 4.57 Å². The molecular weight excluding hydrogens is 171 g/mol. The Morgan fingerprint density at radius 3 is 2.77 bits per heavy atom. The molecule has 0 aliphatic heterocycles. The van der Waals surface area contributed by atoms with E-state index in [1.54, 1.807) is 10.8 Å². The molecule has 0 bridgehead atoms. The van der Waals surface area contributed by atoms with Gasteiger partial charge in [-0.1, -0.05) is 0 Å². The van der Waals surface area contributed by atoms with E-state index in [2.05, 4.69) is 4.98 Å². The lowest BCUT2D eigenvalue weighted by molar-refractivity contribution is 0.0744. The summed E-state index contributed by atoms with van der Waals surface area (Å²) in [5.74, 6) is -0.380. The van der Waals surface area contributed by atoms with Gasteiger partial charge in [-0.3, -0.25) is 4.79 Å². The fourth-order valence-electron chi connectivity index (χ4n) is 1.04. The molecule has 0 aromatic carbocycles. The molecule has 0 atom stereocenters. The number of alkyl halides is 1. The molecule has 0 saturated carbocycles.